The van der Waals surface area contributed by atoms with Crippen LogP contribution in [0.1, 0.15) is 16.8 Å². The summed E-state index contributed by atoms with van der Waals surface area (Å²) in [5, 5.41) is 4.15. The lowest BCUT2D eigenvalue weighted by molar-refractivity contribution is 0.584. The van der Waals surface area contributed by atoms with Crippen LogP contribution in [0.5, 0.6) is 0 Å². The Morgan fingerprint density at radius 3 is 2.24 bits per heavy atom. The molecule has 3 rings (SSSR count). The summed E-state index contributed by atoms with van der Waals surface area (Å²) in [5.74, 6) is 0. The highest BCUT2D eigenvalue weighted by molar-refractivity contribution is 7.89. The minimum Gasteiger partial charge on any atom is -0.255 e. The highest BCUT2D eigenvalue weighted by Gasteiger charge is 2.14. The van der Waals surface area contributed by atoms with Crippen LogP contribution in [-0.4, -0.2) is 19.1 Å². The van der Waals surface area contributed by atoms with Crippen LogP contribution in [0.2, 0.25) is 0 Å². The molecule has 0 atom stereocenters. The van der Waals surface area contributed by atoms with E-state index in [0.717, 1.165) is 11.1 Å². The molecule has 2 aromatic carbocycles. The molecule has 0 radical (unpaired) electrons. The first-order valence-electron chi connectivity index (χ1n) is 7.69. The van der Waals surface area contributed by atoms with Crippen LogP contribution in [0, 0.1) is 6.92 Å². The van der Waals surface area contributed by atoms with Gasteiger partial charge in [0.1, 0.15) is 5.71 Å². The number of hydrogen-bond acceptors (Lipinski definition) is 4. The summed E-state index contributed by atoms with van der Waals surface area (Å²) >= 11 is 0. The van der Waals surface area contributed by atoms with Crippen molar-refractivity contribution in [1.82, 2.24) is 9.82 Å². The predicted molar refractivity (Wildman–Crippen MR) is 97.8 cm³/mol. The molecule has 0 saturated heterocycles. The van der Waals surface area contributed by atoms with Gasteiger partial charge in [0.25, 0.3) is 10.0 Å². The zero-order valence-corrected chi connectivity index (χ0v) is 14.4. The number of aryl methyl sites for hydroxylation is 1. The number of rotatable bonds is 5. The van der Waals surface area contributed by atoms with Crippen LogP contribution < -0.4 is 4.83 Å². The quantitative estimate of drug-likeness (QED) is 0.567. The van der Waals surface area contributed by atoms with E-state index < -0.39 is 10.0 Å². The van der Waals surface area contributed by atoms with Crippen molar-refractivity contribution in [3.8, 4) is 0 Å². The van der Waals surface area contributed by atoms with Gasteiger partial charge in [-0.2, -0.15) is 18.4 Å². The Bertz CT molecular complexity index is 927. The summed E-state index contributed by atoms with van der Waals surface area (Å²) in [7, 11) is -3.75. The van der Waals surface area contributed by atoms with Gasteiger partial charge in [0.2, 0.25) is 0 Å². The molecule has 0 bridgehead atoms. The number of benzene rings is 2. The van der Waals surface area contributed by atoms with Crippen molar-refractivity contribution < 1.29 is 8.42 Å². The molecule has 0 aliphatic heterocycles. The molecule has 6 heteroatoms. The summed E-state index contributed by atoms with van der Waals surface area (Å²) in [5.41, 5.74) is 2.80. The fourth-order valence-electron chi connectivity index (χ4n) is 2.24. The lowest BCUT2D eigenvalue weighted by atomic mass is 10.1. The third-order valence-corrected chi connectivity index (χ3v) is 4.79. The molecule has 1 heterocycles. The summed E-state index contributed by atoms with van der Waals surface area (Å²) in [6.45, 7) is 1.90. The van der Waals surface area contributed by atoms with E-state index in [-0.39, 0.29) is 4.90 Å². The maximum Gasteiger partial charge on any atom is 0.276 e. The molecular formula is C19H17N3O2S. The van der Waals surface area contributed by atoms with Crippen molar-refractivity contribution in [1.29, 1.82) is 0 Å². The van der Waals surface area contributed by atoms with Crippen LogP contribution in [-0.2, 0) is 10.0 Å². The number of aromatic nitrogens is 1. The molecule has 0 aliphatic rings. The van der Waals surface area contributed by atoms with Gasteiger partial charge in [-0.25, -0.2) is 0 Å². The van der Waals surface area contributed by atoms with E-state index in [4.69, 9.17) is 0 Å². The van der Waals surface area contributed by atoms with E-state index in [1.165, 1.54) is 0 Å². The fraction of sp³-hybridized carbons (Fsp3) is 0.0526. The Kier molecular flexibility index (Phi) is 4.90. The number of pyridine rings is 1. The van der Waals surface area contributed by atoms with Gasteiger partial charge < -0.3 is 0 Å². The van der Waals surface area contributed by atoms with Gasteiger partial charge in [0.05, 0.1) is 10.6 Å². The minimum absolute atomic E-state index is 0.162. The largest absolute Gasteiger partial charge is 0.276 e. The van der Waals surface area contributed by atoms with Crippen molar-refractivity contribution in [3.63, 3.8) is 0 Å². The first-order chi connectivity index (χ1) is 12.1. The van der Waals surface area contributed by atoms with E-state index in [2.05, 4.69) is 14.9 Å². The SMILES string of the molecule is Cc1ccc(S(=O)(=O)NN=C(c2ccccc2)c2ccccn2)cc1. The van der Waals surface area contributed by atoms with Gasteiger partial charge in [-0.1, -0.05) is 54.1 Å². The van der Waals surface area contributed by atoms with Crippen molar-refractivity contribution in [2.75, 3.05) is 0 Å². The molecule has 126 valence electrons. The zero-order valence-electron chi connectivity index (χ0n) is 13.6. The van der Waals surface area contributed by atoms with Gasteiger partial charge >= 0.3 is 0 Å². The van der Waals surface area contributed by atoms with Gasteiger partial charge in [-0.05, 0) is 31.2 Å². The summed E-state index contributed by atoms with van der Waals surface area (Å²) in [6, 6.07) is 21.3. The Labute approximate surface area is 147 Å². The molecule has 0 amide bonds. The topological polar surface area (TPSA) is 71.4 Å². The number of hydrazone groups is 1. The molecule has 0 saturated carbocycles. The molecule has 1 N–H and O–H groups in total. The second-order valence-corrected chi connectivity index (χ2v) is 7.11. The lowest BCUT2D eigenvalue weighted by Gasteiger charge is -2.08. The monoisotopic (exact) mass is 351 g/mol. The molecule has 3 aromatic rings. The van der Waals surface area contributed by atoms with E-state index in [1.54, 1.807) is 42.6 Å². The van der Waals surface area contributed by atoms with E-state index in [0.29, 0.717) is 11.4 Å². The predicted octanol–water partition coefficient (Wildman–Crippen LogP) is 3.12. The Morgan fingerprint density at radius 1 is 0.920 bits per heavy atom. The normalized spacial score (nSPS) is 12.0. The molecule has 0 unspecified atom stereocenters. The molecule has 5 nitrogen and oxygen atoms in total. The van der Waals surface area contributed by atoms with Crippen molar-refractivity contribution >= 4 is 15.7 Å². The van der Waals surface area contributed by atoms with E-state index in [9.17, 15) is 8.42 Å². The molecule has 0 spiro atoms. The summed E-state index contributed by atoms with van der Waals surface area (Å²) in [4.78, 5) is 6.75. The maximum absolute atomic E-state index is 12.5. The molecule has 0 aliphatic carbocycles. The van der Waals surface area contributed by atoms with Crippen molar-refractivity contribution in [3.05, 3.63) is 95.8 Å². The van der Waals surface area contributed by atoms with Crippen LogP contribution in [0.4, 0.5) is 0 Å². The Balaban J connectivity index is 1.98. The van der Waals surface area contributed by atoms with E-state index in [1.807, 2.05) is 43.3 Å². The maximum atomic E-state index is 12.5. The highest BCUT2D eigenvalue weighted by Crippen LogP contribution is 2.12. The fourth-order valence-corrected chi connectivity index (χ4v) is 3.06. The van der Waals surface area contributed by atoms with Crippen LogP contribution in [0.25, 0.3) is 0 Å². The average Bonchev–Trinajstić information content (AvgIpc) is 2.64. The number of hydrogen-bond donors (Lipinski definition) is 1. The lowest BCUT2D eigenvalue weighted by Crippen LogP contribution is -2.21. The highest BCUT2D eigenvalue weighted by atomic mass is 32.2. The smallest absolute Gasteiger partial charge is 0.255 e. The Hall–Kier alpha value is -2.99. The van der Waals surface area contributed by atoms with Crippen LogP contribution in [0.15, 0.2) is 89.0 Å². The average molecular weight is 351 g/mol. The third-order valence-electron chi connectivity index (χ3n) is 3.56. The van der Waals surface area contributed by atoms with Crippen molar-refractivity contribution in [2.24, 2.45) is 5.10 Å². The van der Waals surface area contributed by atoms with Gasteiger partial charge in [0, 0.05) is 11.8 Å². The molecule has 25 heavy (non-hydrogen) atoms. The third kappa shape index (κ3) is 4.10. The second-order valence-electron chi connectivity index (χ2n) is 5.45. The van der Waals surface area contributed by atoms with E-state index >= 15 is 0 Å². The summed E-state index contributed by atoms with van der Waals surface area (Å²) < 4.78 is 24.9. The van der Waals surface area contributed by atoms with Gasteiger partial charge in [-0.3, -0.25) is 4.98 Å². The zero-order chi connectivity index (χ0) is 17.7. The first kappa shape index (κ1) is 16.9. The first-order valence-corrected chi connectivity index (χ1v) is 9.17. The van der Waals surface area contributed by atoms with Gasteiger partial charge in [0.15, 0.2) is 0 Å². The minimum atomic E-state index is -3.75. The molecule has 0 fully saturated rings. The molecular weight excluding hydrogens is 334 g/mol. The Morgan fingerprint density at radius 2 is 1.60 bits per heavy atom. The standard InChI is InChI=1S/C19H17N3O2S/c1-15-10-12-17(13-11-15)25(23,24)22-21-19(16-7-3-2-4-8-16)18-9-5-6-14-20-18/h2-14,22H,1H3. The van der Waals surface area contributed by atoms with Crippen LogP contribution >= 0.6 is 0 Å². The number of sulfonamides is 1. The molecule has 1 aromatic heterocycles. The second kappa shape index (κ2) is 7.27. The number of nitrogens with zero attached hydrogens (tertiary/aromatic N) is 2. The number of nitrogens with one attached hydrogen (secondary N) is 1. The summed E-state index contributed by atoms with van der Waals surface area (Å²) in [6.07, 6.45) is 1.64. The van der Waals surface area contributed by atoms with Gasteiger partial charge in [-0.15, -0.1) is 0 Å². The van der Waals surface area contributed by atoms with Crippen molar-refractivity contribution in [2.45, 2.75) is 11.8 Å². The van der Waals surface area contributed by atoms with Crippen LogP contribution in [0.3, 0.4) is 0 Å².